The Morgan fingerprint density at radius 1 is 1.26 bits per heavy atom. The van der Waals surface area contributed by atoms with Crippen molar-refractivity contribution in [1.29, 1.82) is 0 Å². The molecule has 2 N–H and O–H groups in total. The summed E-state index contributed by atoms with van der Waals surface area (Å²) in [4.78, 5) is 23.2. The smallest absolute Gasteiger partial charge is 0.425 e. The van der Waals surface area contributed by atoms with E-state index in [4.69, 9.17) is 0 Å². The minimum Gasteiger partial charge on any atom is -0.467 e. The third-order valence-electron chi connectivity index (χ3n) is 3.09. The molecule has 0 aliphatic heterocycles. The van der Waals surface area contributed by atoms with E-state index in [2.05, 4.69) is 9.47 Å². The summed E-state index contributed by atoms with van der Waals surface area (Å²) in [5.41, 5.74) is -3.08. The number of amides is 1. The number of rotatable bonds is 5. The van der Waals surface area contributed by atoms with Crippen LogP contribution in [0, 0.1) is 0 Å². The summed E-state index contributed by atoms with van der Waals surface area (Å²) in [6, 6.07) is 8.21. The van der Waals surface area contributed by atoms with E-state index in [9.17, 15) is 27.9 Å². The molecule has 0 aliphatic rings. The van der Waals surface area contributed by atoms with Crippen LogP contribution in [0.25, 0.3) is 0 Å². The number of nitrogens with one attached hydrogen (secondary N) is 1. The fraction of sp³-hybridized carbons (Fsp3) is 0.429. The number of hydrogen-bond acceptors (Lipinski definition) is 5. The molecule has 0 unspecified atom stereocenters. The van der Waals surface area contributed by atoms with Gasteiger partial charge in [-0.3, -0.25) is 5.32 Å². The molecule has 0 aliphatic carbocycles. The first-order valence-corrected chi connectivity index (χ1v) is 6.47. The zero-order chi connectivity index (χ0) is 17.7. The molecule has 0 heterocycles. The zero-order valence-electron chi connectivity index (χ0n) is 12.4. The number of esters is 1. The van der Waals surface area contributed by atoms with Crippen LogP contribution in [-0.2, 0) is 20.9 Å². The van der Waals surface area contributed by atoms with Crippen molar-refractivity contribution in [2.24, 2.45) is 0 Å². The van der Waals surface area contributed by atoms with E-state index >= 15 is 0 Å². The fourth-order valence-electron chi connectivity index (χ4n) is 1.83. The number of carbonyl (C=O) groups is 2. The van der Waals surface area contributed by atoms with Crippen LogP contribution in [0.2, 0.25) is 0 Å². The summed E-state index contributed by atoms with van der Waals surface area (Å²) in [5, 5.41) is 10.8. The number of benzene rings is 1. The summed E-state index contributed by atoms with van der Waals surface area (Å²) in [6.45, 7) is 0.406. The summed E-state index contributed by atoms with van der Waals surface area (Å²) in [6.07, 6.45) is -9.10. The zero-order valence-corrected chi connectivity index (χ0v) is 12.4. The van der Waals surface area contributed by atoms with Crippen molar-refractivity contribution in [2.45, 2.75) is 31.3 Å². The average molecular weight is 335 g/mol. The highest BCUT2D eigenvalue weighted by atomic mass is 19.4. The molecular weight excluding hydrogens is 319 g/mol. The summed E-state index contributed by atoms with van der Waals surface area (Å²) in [7, 11) is 0.711. The maximum atomic E-state index is 13.3. The molecule has 0 spiro atoms. The Labute approximate surface area is 130 Å². The monoisotopic (exact) mass is 335 g/mol. The van der Waals surface area contributed by atoms with E-state index in [1.807, 2.05) is 0 Å². The number of methoxy groups -OCH3 is 1. The number of halogens is 3. The lowest BCUT2D eigenvalue weighted by Gasteiger charge is -2.35. The molecule has 0 saturated heterocycles. The van der Waals surface area contributed by atoms with Gasteiger partial charge < -0.3 is 14.6 Å². The van der Waals surface area contributed by atoms with Gasteiger partial charge in [-0.1, -0.05) is 30.3 Å². The quantitative estimate of drug-likeness (QED) is 0.801. The van der Waals surface area contributed by atoms with Crippen LogP contribution < -0.4 is 5.32 Å². The van der Waals surface area contributed by atoms with Crippen LogP contribution in [0.4, 0.5) is 18.0 Å². The SMILES string of the molecule is COC(=O)[C@](NC(=O)OCc1ccccc1)([C@H](C)O)C(F)(F)F. The molecule has 6 nitrogen and oxygen atoms in total. The van der Waals surface area contributed by atoms with Gasteiger partial charge in [-0.15, -0.1) is 0 Å². The van der Waals surface area contributed by atoms with Gasteiger partial charge in [0.25, 0.3) is 5.54 Å². The Bertz CT molecular complexity index is 547. The lowest BCUT2D eigenvalue weighted by atomic mass is 9.92. The molecule has 0 saturated carbocycles. The average Bonchev–Trinajstić information content (AvgIpc) is 2.49. The van der Waals surface area contributed by atoms with Crippen LogP contribution in [0.3, 0.4) is 0 Å². The van der Waals surface area contributed by atoms with Crippen LogP contribution in [0.15, 0.2) is 30.3 Å². The summed E-state index contributed by atoms with van der Waals surface area (Å²) < 4.78 is 48.5. The summed E-state index contributed by atoms with van der Waals surface area (Å²) >= 11 is 0. The number of alkyl halides is 3. The molecule has 1 rings (SSSR count). The van der Waals surface area contributed by atoms with Crippen LogP contribution in [0.1, 0.15) is 12.5 Å². The topological polar surface area (TPSA) is 84.9 Å². The van der Waals surface area contributed by atoms with Crippen LogP contribution in [-0.4, -0.2) is 42.1 Å². The molecule has 0 fully saturated rings. The van der Waals surface area contributed by atoms with E-state index in [0.717, 1.165) is 0 Å². The van der Waals surface area contributed by atoms with E-state index in [-0.39, 0.29) is 6.61 Å². The number of aliphatic hydroxyl groups is 1. The van der Waals surface area contributed by atoms with Gasteiger partial charge in [-0.25, -0.2) is 9.59 Å². The van der Waals surface area contributed by atoms with Crippen LogP contribution >= 0.6 is 0 Å². The molecule has 0 radical (unpaired) electrons. The molecule has 1 amide bonds. The van der Waals surface area contributed by atoms with Gasteiger partial charge >= 0.3 is 18.2 Å². The molecule has 0 bridgehead atoms. The van der Waals surface area contributed by atoms with Gasteiger partial charge in [-0.05, 0) is 12.5 Å². The second-order valence-corrected chi connectivity index (χ2v) is 4.66. The second kappa shape index (κ2) is 7.32. The first-order valence-electron chi connectivity index (χ1n) is 6.47. The van der Waals surface area contributed by atoms with Crippen LogP contribution in [0.5, 0.6) is 0 Å². The van der Waals surface area contributed by atoms with Gasteiger partial charge in [0, 0.05) is 0 Å². The Morgan fingerprint density at radius 3 is 2.26 bits per heavy atom. The molecule has 128 valence electrons. The normalized spacial score (nSPS) is 15.2. The maximum Gasteiger partial charge on any atom is 0.425 e. The van der Waals surface area contributed by atoms with Crippen molar-refractivity contribution in [3.8, 4) is 0 Å². The Balaban J connectivity index is 2.92. The molecule has 2 atom stereocenters. The molecule has 9 heteroatoms. The highest BCUT2D eigenvalue weighted by Gasteiger charge is 2.66. The fourth-order valence-corrected chi connectivity index (χ4v) is 1.83. The van der Waals surface area contributed by atoms with Gasteiger partial charge in [-0.2, -0.15) is 13.2 Å². The Hall–Kier alpha value is -2.29. The minimum atomic E-state index is -5.29. The number of alkyl carbamates (subject to hydrolysis) is 1. The largest absolute Gasteiger partial charge is 0.467 e. The first-order chi connectivity index (χ1) is 10.6. The molecule has 1 aromatic carbocycles. The highest BCUT2D eigenvalue weighted by Crippen LogP contribution is 2.34. The minimum absolute atomic E-state index is 0.304. The third-order valence-corrected chi connectivity index (χ3v) is 3.09. The first kappa shape index (κ1) is 18.8. The van der Waals surface area contributed by atoms with Crippen molar-refractivity contribution in [3.05, 3.63) is 35.9 Å². The highest BCUT2D eigenvalue weighted by molar-refractivity contribution is 5.87. The second-order valence-electron chi connectivity index (χ2n) is 4.66. The number of ether oxygens (including phenoxy) is 2. The van der Waals surface area contributed by atoms with E-state index in [0.29, 0.717) is 19.6 Å². The van der Waals surface area contributed by atoms with E-state index in [1.54, 1.807) is 30.3 Å². The van der Waals surface area contributed by atoms with Crippen molar-refractivity contribution in [1.82, 2.24) is 5.32 Å². The lowest BCUT2D eigenvalue weighted by molar-refractivity contribution is -0.228. The molecule has 0 aromatic heterocycles. The molecular formula is C14H16F3NO5. The van der Waals surface area contributed by atoms with Crippen molar-refractivity contribution < 1.29 is 37.3 Å². The molecule has 1 aromatic rings. The van der Waals surface area contributed by atoms with Gasteiger partial charge in [0.2, 0.25) is 0 Å². The predicted molar refractivity (Wildman–Crippen MR) is 72.2 cm³/mol. The van der Waals surface area contributed by atoms with Gasteiger partial charge in [0.15, 0.2) is 0 Å². The Kier molecular flexibility index (Phi) is 5.97. The van der Waals surface area contributed by atoms with Crippen molar-refractivity contribution >= 4 is 12.1 Å². The van der Waals surface area contributed by atoms with Gasteiger partial charge in [0.05, 0.1) is 13.2 Å². The van der Waals surface area contributed by atoms with E-state index < -0.39 is 29.9 Å². The predicted octanol–water partition coefficient (Wildman–Crippen LogP) is 1.77. The van der Waals surface area contributed by atoms with E-state index in [1.165, 1.54) is 5.32 Å². The van der Waals surface area contributed by atoms with Gasteiger partial charge in [0.1, 0.15) is 6.61 Å². The number of hydrogen-bond donors (Lipinski definition) is 2. The maximum absolute atomic E-state index is 13.3. The molecule has 23 heavy (non-hydrogen) atoms. The standard InChI is InChI=1S/C14H16F3NO5/c1-9(19)13(11(20)22-2,14(15,16)17)18-12(21)23-8-10-6-4-3-5-7-10/h3-7,9,19H,8H2,1-2H3,(H,18,21)/t9-,13+/m0/s1. The number of aliphatic hydroxyl groups excluding tert-OH is 1. The third kappa shape index (κ3) is 4.13. The Morgan fingerprint density at radius 2 is 1.83 bits per heavy atom. The number of carbonyl (C=O) groups excluding carboxylic acids is 2. The lowest BCUT2D eigenvalue weighted by Crippen LogP contribution is -2.70. The summed E-state index contributed by atoms with van der Waals surface area (Å²) in [5.74, 6) is -1.85. The van der Waals surface area contributed by atoms with Crippen molar-refractivity contribution in [2.75, 3.05) is 7.11 Å². The van der Waals surface area contributed by atoms with Crippen molar-refractivity contribution in [3.63, 3.8) is 0 Å².